The lowest BCUT2D eigenvalue weighted by atomic mass is 9.93. The summed E-state index contributed by atoms with van der Waals surface area (Å²) < 4.78 is 29.7. The van der Waals surface area contributed by atoms with Crippen molar-refractivity contribution in [1.29, 1.82) is 0 Å². The van der Waals surface area contributed by atoms with Crippen LogP contribution >= 0.6 is 0 Å². The molecule has 0 aliphatic carbocycles. The highest BCUT2D eigenvalue weighted by molar-refractivity contribution is 7.86. The van der Waals surface area contributed by atoms with Gasteiger partial charge in [0.25, 0.3) is 10.2 Å². The maximum atomic E-state index is 12.4. The topological polar surface area (TPSA) is 84.2 Å². The quantitative estimate of drug-likeness (QED) is 0.782. The zero-order valence-electron chi connectivity index (χ0n) is 15.8. The molecule has 26 heavy (non-hydrogen) atoms. The number of hydrogen-bond acceptors (Lipinski definition) is 5. The molecule has 0 unspecified atom stereocenters. The van der Waals surface area contributed by atoms with Crippen molar-refractivity contribution in [3.8, 4) is 11.4 Å². The van der Waals surface area contributed by atoms with Gasteiger partial charge in [-0.1, -0.05) is 0 Å². The summed E-state index contributed by atoms with van der Waals surface area (Å²) in [6.45, 7) is 3.04. The maximum Gasteiger partial charge on any atom is 0.281 e. The van der Waals surface area contributed by atoms with Crippen LogP contribution in [0, 0.1) is 12.8 Å². The summed E-state index contributed by atoms with van der Waals surface area (Å²) in [6, 6.07) is 0. The largest absolute Gasteiger partial charge is 0.330 e. The number of piperidine rings is 1. The van der Waals surface area contributed by atoms with Crippen molar-refractivity contribution < 1.29 is 8.42 Å². The van der Waals surface area contributed by atoms with Gasteiger partial charge in [-0.25, -0.2) is 4.98 Å². The van der Waals surface area contributed by atoms with Crippen LogP contribution in [0.3, 0.4) is 0 Å². The summed E-state index contributed by atoms with van der Waals surface area (Å²) in [6.07, 6.45) is 7.74. The molecular formula is C17H26N6O2S. The van der Waals surface area contributed by atoms with Gasteiger partial charge in [-0.2, -0.15) is 17.0 Å². The smallest absolute Gasteiger partial charge is 0.281 e. The molecule has 1 aliphatic rings. The third-order valence-electron chi connectivity index (χ3n) is 4.99. The van der Waals surface area contributed by atoms with Gasteiger partial charge in [-0.3, -0.25) is 9.97 Å². The summed E-state index contributed by atoms with van der Waals surface area (Å²) in [5.74, 6) is 1.14. The first-order chi connectivity index (χ1) is 12.3. The van der Waals surface area contributed by atoms with Gasteiger partial charge < -0.3 is 4.57 Å². The number of aromatic nitrogens is 4. The Morgan fingerprint density at radius 1 is 1.23 bits per heavy atom. The minimum absolute atomic E-state index is 0.225. The van der Waals surface area contributed by atoms with Crippen molar-refractivity contribution in [3.05, 3.63) is 30.1 Å². The number of aryl methyl sites for hydroxylation is 1. The summed E-state index contributed by atoms with van der Waals surface area (Å²) in [7, 11) is 1.73. The summed E-state index contributed by atoms with van der Waals surface area (Å²) in [5, 5.41) is 0. The van der Waals surface area contributed by atoms with Crippen molar-refractivity contribution in [2.45, 2.75) is 26.2 Å². The van der Waals surface area contributed by atoms with E-state index in [2.05, 4.69) is 15.0 Å². The normalized spacial score (nSPS) is 19.2. The van der Waals surface area contributed by atoms with Gasteiger partial charge in [-0.05, 0) is 32.1 Å². The number of rotatable bonds is 5. The van der Waals surface area contributed by atoms with E-state index in [9.17, 15) is 8.42 Å². The maximum absolute atomic E-state index is 12.4. The third kappa shape index (κ3) is 3.65. The Morgan fingerprint density at radius 3 is 2.62 bits per heavy atom. The van der Waals surface area contributed by atoms with Gasteiger partial charge >= 0.3 is 0 Å². The van der Waals surface area contributed by atoms with Crippen molar-refractivity contribution >= 4 is 10.2 Å². The first-order valence-corrected chi connectivity index (χ1v) is 10.2. The molecule has 1 saturated heterocycles. The Labute approximate surface area is 155 Å². The van der Waals surface area contributed by atoms with E-state index in [4.69, 9.17) is 0 Å². The second kappa shape index (κ2) is 7.42. The second-order valence-corrected chi connectivity index (χ2v) is 9.10. The molecule has 1 fully saturated rings. The molecule has 0 radical (unpaired) electrons. The van der Waals surface area contributed by atoms with E-state index in [1.165, 1.54) is 4.31 Å². The highest BCUT2D eigenvalue weighted by Gasteiger charge is 2.31. The van der Waals surface area contributed by atoms with Crippen molar-refractivity contribution in [3.63, 3.8) is 0 Å². The van der Waals surface area contributed by atoms with Crippen LogP contribution in [-0.2, 0) is 23.7 Å². The average Bonchev–Trinajstić information content (AvgIpc) is 2.95. The predicted octanol–water partition coefficient (Wildman–Crippen LogP) is 1.25. The van der Waals surface area contributed by atoms with E-state index in [0.717, 1.165) is 35.7 Å². The highest BCUT2D eigenvalue weighted by atomic mass is 32.2. The predicted molar refractivity (Wildman–Crippen MR) is 99.6 cm³/mol. The van der Waals surface area contributed by atoms with Gasteiger partial charge in [0.1, 0.15) is 11.5 Å². The standard InChI is InChI=1S/C17H26N6O2S/c1-13-20-11-16(22(13)4)17-15(18-7-8-19-17)10-14-6-5-9-23(12-14)26(24,25)21(2)3/h7-8,11,14H,5-6,9-10,12H2,1-4H3/t14-/m1/s1. The van der Waals surface area contributed by atoms with E-state index in [0.29, 0.717) is 19.5 Å². The fourth-order valence-corrected chi connectivity index (χ4v) is 4.58. The lowest BCUT2D eigenvalue weighted by molar-refractivity contribution is 0.253. The van der Waals surface area contributed by atoms with Crippen molar-refractivity contribution in [1.82, 2.24) is 28.1 Å². The van der Waals surface area contributed by atoms with E-state index in [1.54, 1.807) is 30.8 Å². The first kappa shape index (κ1) is 18.9. The number of nitrogens with zero attached hydrogens (tertiary/aromatic N) is 6. The minimum Gasteiger partial charge on any atom is -0.330 e. The first-order valence-electron chi connectivity index (χ1n) is 8.77. The molecule has 1 aliphatic heterocycles. The molecular weight excluding hydrogens is 352 g/mol. The van der Waals surface area contributed by atoms with Crippen LogP contribution < -0.4 is 0 Å². The number of imidazole rings is 1. The van der Waals surface area contributed by atoms with Crippen molar-refractivity contribution in [2.75, 3.05) is 27.2 Å². The lowest BCUT2D eigenvalue weighted by Gasteiger charge is -2.33. The monoisotopic (exact) mass is 378 g/mol. The van der Waals surface area contributed by atoms with Crippen LogP contribution in [0.4, 0.5) is 0 Å². The van der Waals surface area contributed by atoms with E-state index >= 15 is 0 Å². The van der Waals surface area contributed by atoms with Crippen LogP contribution in [-0.4, -0.2) is 63.7 Å². The summed E-state index contributed by atoms with van der Waals surface area (Å²) in [4.78, 5) is 13.4. The van der Waals surface area contributed by atoms with Crippen LogP contribution in [0.1, 0.15) is 24.4 Å². The second-order valence-electron chi connectivity index (χ2n) is 6.96. The molecule has 3 rings (SSSR count). The van der Waals surface area contributed by atoms with Gasteiger partial charge in [0.2, 0.25) is 0 Å². The third-order valence-corrected chi connectivity index (χ3v) is 6.90. The minimum atomic E-state index is -3.37. The molecule has 0 aromatic carbocycles. The summed E-state index contributed by atoms with van der Waals surface area (Å²) >= 11 is 0. The molecule has 2 aromatic heterocycles. The van der Waals surface area contributed by atoms with Crippen LogP contribution in [0.15, 0.2) is 18.6 Å². The zero-order chi connectivity index (χ0) is 18.9. The molecule has 0 amide bonds. The van der Waals surface area contributed by atoms with Crippen LogP contribution in [0.2, 0.25) is 0 Å². The Hall–Kier alpha value is -1.84. The highest BCUT2D eigenvalue weighted by Crippen LogP contribution is 2.27. The Kier molecular flexibility index (Phi) is 5.40. The average molecular weight is 379 g/mol. The molecule has 8 nitrogen and oxygen atoms in total. The Bertz CT molecular complexity index is 877. The number of hydrogen-bond donors (Lipinski definition) is 0. The van der Waals surface area contributed by atoms with Gasteiger partial charge in [0, 0.05) is 46.6 Å². The van der Waals surface area contributed by atoms with E-state index < -0.39 is 10.2 Å². The van der Waals surface area contributed by atoms with Gasteiger partial charge in [0.15, 0.2) is 0 Å². The zero-order valence-corrected chi connectivity index (χ0v) is 16.6. The molecule has 0 spiro atoms. The SMILES string of the molecule is Cc1ncc(-c2nccnc2C[C@H]2CCCN(S(=O)(=O)N(C)C)C2)n1C. The van der Waals surface area contributed by atoms with Crippen LogP contribution in [0.5, 0.6) is 0 Å². The lowest BCUT2D eigenvalue weighted by Crippen LogP contribution is -2.45. The van der Waals surface area contributed by atoms with E-state index in [1.807, 2.05) is 24.7 Å². The fourth-order valence-electron chi connectivity index (χ4n) is 3.36. The van der Waals surface area contributed by atoms with Crippen LogP contribution in [0.25, 0.3) is 11.4 Å². The molecule has 0 N–H and O–H groups in total. The Balaban J connectivity index is 1.83. The molecule has 1 atom stereocenters. The summed E-state index contributed by atoms with van der Waals surface area (Å²) in [5.41, 5.74) is 2.65. The fraction of sp³-hybridized carbons (Fsp3) is 0.588. The van der Waals surface area contributed by atoms with Gasteiger partial charge in [0.05, 0.1) is 17.6 Å². The van der Waals surface area contributed by atoms with Crippen molar-refractivity contribution in [2.24, 2.45) is 13.0 Å². The van der Waals surface area contributed by atoms with E-state index in [-0.39, 0.29) is 5.92 Å². The molecule has 2 aromatic rings. The molecule has 0 bridgehead atoms. The van der Waals surface area contributed by atoms with Gasteiger partial charge in [-0.15, -0.1) is 0 Å². The Morgan fingerprint density at radius 2 is 1.96 bits per heavy atom. The molecule has 0 saturated carbocycles. The molecule has 3 heterocycles. The molecule has 9 heteroatoms. The molecule has 142 valence electrons.